The van der Waals surface area contributed by atoms with Crippen molar-refractivity contribution in [1.82, 2.24) is 19.1 Å². The number of fused-ring (bicyclic) bond motifs is 2. The average molecular weight is 344 g/mol. The molecule has 0 amide bonds. The van der Waals surface area contributed by atoms with Crippen molar-refractivity contribution in [2.75, 3.05) is 0 Å². The SMILES string of the molecule is [C-]#[N+]c1ccc2nc(-n3cnc4cc([N+](=O)[O-])ccc43)n(C3CC3)c2c1. The second kappa shape index (κ2) is 5.13. The summed E-state index contributed by atoms with van der Waals surface area (Å²) in [6.07, 6.45) is 3.78. The van der Waals surface area contributed by atoms with Crippen molar-refractivity contribution in [3.8, 4) is 5.95 Å². The summed E-state index contributed by atoms with van der Waals surface area (Å²) in [5.41, 5.74) is 3.66. The van der Waals surface area contributed by atoms with Gasteiger partial charge in [0.2, 0.25) is 5.95 Å². The average Bonchev–Trinajstić information content (AvgIpc) is 3.29. The van der Waals surface area contributed by atoms with Crippen molar-refractivity contribution in [2.45, 2.75) is 18.9 Å². The van der Waals surface area contributed by atoms with Gasteiger partial charge < -0.3 is 4.57 Å². The number of nitro groups is 1. The molecule has 1 aliphatic rings. The third-order valence-corrected chi connectivity index (χ3v) is 4.65. The predicted octanol–water partition coefficient (Wildman–Crippen LogP) is 4.17. The molecular formula is C18H12N6O2. The van der Waals surface area contributed by atoms with Crippen LogP contribution in [0.25, 0.3) is 32.9 Å². The van der Waals surface area contributed by atoms with Gasteiger partial charge >= 0.3 is 0 Å². The van der Waals surface area contributed by atoms with Crippen LogP contribution in [-0.4, -0.2) is 24.0 Å². The molecule has 0 saturated heterocycles. The van der Waals surface area contributed by atoms with Gasteiger partial charge in [-0.05, 0) is 31.0 Å². The molecule has 2 aromatic heterocycles. The normalized spacial score (nSPS) is 14.0. The van der Waals surface area contributed by atoms with E-state index in [1.165, 1.54) is 12.1 Å². The van der Waals surface area contributed by atoms with Crippen LogP contribution in [-0.2, 0) is 0 Å². The molecule has 0 atom stereocenters. The Hall–Kier alpha value is -3.73. The third-order valence-electron chi connectivity index (χ3n) is 4.65. The maximum absolute atomic E-state index is 11.0. The molecule has 1 fully saturated rings. The Balaban J connectivity index is 1.77. The molecule has 5 rings (SSSR count). The first-order chi connectivity index (χ1) is 12.7. The monoisotopic (exact) mass is 344 g/mol. The number of rotatable bonds is 3. The molecule has 2 aromatic carbocycles. The van der Waals surface area contributed by atoms with E-state index in [-0.39, 0.29) is 5.69 Å². The quantitative estimate of drug-likeness (QED) is 0.317. The highest BCUT2D eigenvalue weighted by molar-refractivity contribution is 5.84. The molecule has 0 spiro atoms. The summed E-state index contributed by atoms with van der Waals surface area (Å²) in [5.74, 6) is 0.723. The van der Waals surface area contributed by atoms with Gasteiger partial charge in [0.15, 0.2) is 5.69 Å². The highest BCUT2D eigenvalue weighted by atomic mass is 16.6. The number of nitrogens with zero attached hydrogens (tertiary/aromatic N) is 6. The minimum Gasteiger partial charge on any atom is -0.308 e. The van der Waals surface area contributed by atoms with Gasteiger partial charge in [-0.2, -0.15) is 0 Å². The molecule has 1 aliphatic carbocycles. The van der Waals surface area contributed by atoms with Crippen molar-refractivity contribution in [2.24, 2.45) is 0 Å². The van der Waals surface area contributed by atoms with Gasteiger partial charge in [-0.1, -0.05) is 6.07 Å². The zero-order valence-corrected chi connectivity index (χ0v) is 13.5. The molecule has 126 valence electrons. The lowest BCUT2D eigenvalue weighted by Crippen LogP contribution is -2.04. The number of non-ortho nitro benzene ring substituents is 1. The standard InChI is InChI=1S/C18H12N6O2/c1-19-11-2-6-14-17(8-11)23(12-3-4-12)18(21-14)22-10-20-15-9-13(24(25)26)5-7-16(15)22/h2,5-10,12H,3-4H2. The highest BCUT2D eigenvalue weighted by Crippen LogP contribution is 2.40. The fourth-order valence-corrected chi connectivity index (χ4v) is 3.27. The van der Waals surface area contributed by atoms with E-state index in [9.17, 15) is 10.1 Å². The lowest BCUT2D eigenvalue weighted by Gasteiger charge is -2.09. The van der Waals surface area contributed by atoms with Gasteiger partial charge in [0, 0.05) is 18.2 Å². The van der Waals surface area contributed by atoms with Crippen molar-refractivity contribution < 1.29 is 4.92 Å². The number of hydrogen-bond acceptors (Lipinski definition) is 4. The van der Waals surface area contributed by atoms with E-state index in [1.54, 1.807) is 18.5 Å². The lowest BCUT2D eigenvalue weighted by atomic mass is 10.3. The van der Waals surface area contributed by atoms with Crippen LogP contribution in [0.4, 0.5) is 11.4 Å². The molecule has 0 radical (unpaired) electrons. The Kier molecular flexibility index (Phi) is 2.88. The van der Waals surface area contributed by atoms with Gasteiger partial charge in [0.25, 0.3) is 5.69 Å². The van der Waals surface area contributed by atoms with Crippen molar-refractivity contribution in [3.05, 3.63) is 64.3 Å². The first kappa shape index (κ1) is 14.6. The summed E-state index contributed by atoms with van der Waals surface area (Å²) in [4.78, 5) is 23.1. The van der Waals surface area contributed by atoms with E-state index in [1.807, 2.05) is 16.7 Å². The Bertz CT molecular complexity index is 1240. The first-order valence-electron chi connectivity index (χ1n) is 8.17. The number of aromatic nitrogens is 4. The van der Waals surface area contributed by atoms with E-state index in [2.05, 4.69) is 14.4 Å². The van der Waals surface area contributed by atoms with Gasteiger partial charge in [0.1, 0.15) is 6.33 Å². The zero-order valence-electron chi connectivity index (χ0n) is 13.5. The maximum atomic E-state index is 11.0. The molecule has 8 heteroatoms. The van der Waals surface area contributed by atoms with Crippen molar-refractivity contribution in [1.29, 1.82) is 0 Å². The fraction of sp³-hybridized carbons (Fsp3) is 0.167. The van der Waals surface area contributed by atoms with Crippen LogP contribution in [0.2, 0.25) is 0 Å². The number of benzene rings is 2. The van der Waals surface area contributed by atoms with Crippen LogP contribution < -0.4 is 0 Å². The number of imidazole rings is 2. The minimum atomic E-state index is -0.427. The fourth-order valence-electron chi connectivity index (χ4n) is 3.27. The number of hydrogen-bond donors (Lipinski definition) is 0. The van der Waals surface area contributed by atoms with Crippen LogP contribution in [0.3, 0.4) is 0 Å². The van der Waals surface area contributed by atoms with Crippen LogP contribution >= 0.6 is 0 Å². The van der Waals surface area contributed by atoms with Crippen LogP contribution in [0, 0.1) is 16.7 Å². The van der Waals surface area contributed by atoms with Gasteiger partial charge in [-0.3, -0.25) is 14.7 Å². The molecule has 2 heterocycles. The minimum absolute atomic E-state index is 0.0140. The van der Waals surface area contributed by atoms with E-state index < -0.39 is 4.92 Å². The van der Waals surface area contributed by atoms with E-state index in [4.69, 9.17) is 11.6 Å². The van der Waals surface area contributed by atoms with Gasteiger partial charge in [0.05, 0.1) is 33.6 Å². The topological polar surface area (TPSA) is 83.1 Å². The second-order valence-corrected chi connectivity index (χ2v) is 6.34. The summed E-state index contributed by atoms with van der Waals surface area (Å²) in [6, 6.07) is 10.5. The lowest BCUT2D eigenvalue weighted by molar-refractivity contribution is -0.384. The second-order valence-electron chi connectivity index (χ2n) is 6.34. The Morgan fingerprint density at radius 2 is 2.00 bits per heavy atom. The maximum Gasteiger partial charge on any atom is 0.271 e. The van der Waals surface area contributed by atoms with Crippen LogP contribution in [0.1, 0.15) is 18.9 Å². The Morgan fingerprint density at radius 1 is 1.15 bits per heavy atom. The summed E-state index contributed by atoms with van der Waals surface area (Å²) in [5, 5.41) is 11.0. The zero-order chi connectivity index (χ0) is 17.8. The highest BCUT2D eigenvalue weighted by Gasteiger charge is 2.29. The summed E-state index contributed by atoms with van der Waals surface area (Å²) in [7, 11) is 0. The van der Waals surface area contributed by atoms with Gasteiger partial charge in [-0.25, -0.2) is 14.8 Å². The molecule has 26 heavy (non-hydrogen) atoms. The molecular weight excluding hydrogens is 332 g/mol. The first-order valence-corrected chi connectivity index (χ1v) is 8.17. The van der Waals surface area contributed by atoms with Gasteiger partial charge in [-0.15, -0.1) is 0 Å². The summed E-state index contributed by atoms with van der Waals surface area (Å²) in [6.45, 7) is 7.25. The molecule has 4 aromatic rings. The van der Waals surface area contributed by atoms with E-state index in [0.717, 1.165) is 35.3 Å². The molecule has 0 aliphatic heterocycles. The third kappa shape index (κ3) is 2.07. The molecule has 0 bridgehead atoms. The summed E-state index contributed by atoms with van der Waals surface area (Å²) < 4.78 is 4.00. The Morgan fingerprint density at radius 3 is 2.73 bits per heavy atom. The molecule has 0 unspecified atom stereocenters. The van der Waals surface area contributed by atoms with Crippen molar-refractivity contribution in [3.63, 3.8) is 0 Å². The largest absolute Gasteiger partial charge is 0.308 e. The van der Waals surface area contributed by atoms with E-state index in [0.29, 0.717) is 17.2 Å². The number of nitro benzene ring substituents is 1. The smallest absolute Gasteiger partial charge is 0.271 e. The van der Waals surface area contributed by atoms with Crippen LogP contribution in [0.5, 0.6) is 0 Å². The predicted molar refractivity (Wildman–Crippen MR) is 95.5 cm³/mol. The van der Waals surface area contributed by atoms with Crippen LogP contribution in [0.15, 0.2) is 42.7 Å². The molecule has 8 nitrogen and oxygen atoms in total. The molecule has 1 saturated carbocycles. The van der Waals surface area contributed by atoms with Crippen molar-refractivity contribution >= 4 is 33.4 Å². The molecule has 0 N–H and O–H groups in total. The summed E-state index contributed by atoms with van der Waals surface area (Å²) >= 11 is 0. The van der Waals surface area contributed by atoms with E-state index >= 15 is 0 Å². The Labute approximate surface area is 147 Å².